The fraction of sp³-hybridized carbons (Fsp3) is 0.789. The summed E-state index contributed by atoms with van der Waals surface area (Å²) in [4.78, 5) is 24.5. The fourth-order valence-electron chi connectivity index (χ4n) is 3.45. The molecule has 5 nitrogen and oxygen atoms in total. The Morgan fingerprint density at radius 1 is 1.25 bits per heavy atom. The lowest BCUT2D eigenvalue weighted by atomic mass is 9.69. The summed E-state index contributed by atoms with van der Waals surface area (Å²) >= 11 is 0. The van der Waals surface area contributed by atoms with Gasteiger partial charge in [-0.05, 0) is 26.2 Å². The van der Waals surface area contributed by atoms with Crippen LogP contribution in [-0.2, 0) is 23.8 Å². The predicted octanol–water partition coefficient (Wildman–Crippen LogP) is 3.91. The molecule has 5 heteroatoms. The van der Waals surface area contributed by atoms with Gasteiger partial charge in [0.25, 0.3) is 0 Å². The van der Waals surface area contributed by atoms with Crippen molar-refractivity contribution in [2.45, 2.75) is 77.9 Å². The van der Waals surface area contributed by atoms with Gasteiger partial charge in [-0.3, -0.25) is 4.79 Å². The highest BCUT2D eigenvalue weighted by atomic mass is 16.7. The maximum absolute atomic E-state index is 12.6. The Morgan fingerprint density at radius 3 is 2.67 bits per heavy atom. The summed E-state index contributed by atoms with van der Waals surface area (Å²) in [6, 6.07) is 0. The van der Waals surface area contributed by atoms with E-state index < -0.39 is 17.2 Å². The number of ketones is 1. The van der Waals surface area contributed by atoms with Gasteiger partial charge in [-0.1, -0.05) is 26.7 Å². The smallest absolute Gasteiger partial charge is 0.334 e. The van der Waals surface area contributed by atoms with E-state index in [1.807, 2.05) is 13.8 Å². The molecule has 0 amide bonds. The highest BCUT2D eigenvalue weighted by molar-refractivity contribution is 5.88. The molecule has 1 saturated heterocycles. The molecule has 136 valence electrons. The Balaban J connectivity index is 2.12. The van der Waals surface area contributed by atoms with Gasteiger partial charge in [0.2, 0.25) is 5.79 Å². The summed E-state index contributed by atoms with van der Waals surface area (Å²) in [6.07, 6.45) is 7.54. The number of unbranched alkanes of at least 4 members (excludes halogenated alkanes) is 2. The van der Waals surface area contributed by atoms with Gasteiger partial charge in [0.1, 0.15) is 11.5 Å². The lowest BCUT2D eigenvalue weighted by Gasteiger charge is -2.43. The largest absolute Gasteiger partial charge is 0.465 e. The number of hydrogen-bond acceptors (Lipinski definition) is 5. The number of ether oxygens (including phenoxy) is 3. The first-order valence-corrected chi connectivity index (χ1v) is 9.21. The van der Waals surface area contributed by atoms with Crippen molar-refractivity contribution < 1.29 is 23.8 Å². The standard InChI is InChI=1S/C19H30O5/c1-4-6-11-22-17(21)13-15-14-18(3)16(20)9-8-10-19(18,24-15)23-12-7-5-2/h13H,4-12,14H2,1-3H3/b15-13+/t18-,19+/m0/s1. The second kappa shape index (κ2) is 8.15. The summed E-state index contributed by atoms with van der Waals surface area (Å²) in [5.41, 5.74) is -0.714. The van der Waals surface area contributed by atoms with Crippen LogP contribution in [-0.4, -0.2) is 30.8 Å². The molecule has 2 aliphatic rings. The van der Waals surface area contributed by atoms with Crippen LogP contribution in [0.15, 0.2) is 11.8 Å². The molecular formula is C19H30O5. The zero-order chi connectivity index (χ0) is 17.6. The predicted molar refractivity (Wildman–Crippen MR) is 90.2 cm³/mol. The van der Waals surface area contributed by atoms with E-state index in [1.54, 1.807) is 0 Å². The van der Waals surface area contributed by atoms with Gasteiger partial charge in [-0.25, -0.2) is 4.79 Å². The molecule has 2 rings (SSSR count). The van der Waals surface area contributed by atoms with E-state index in [1.165, 1.54) is 6.08 Å². The second-order valence-electron chi connectivity index (χ2n) is 6.97. The quantitative estimate of drug-likeness (QED) is 0.381. The minimum absolute atomic E-state index is 0.160. The van der Waals surface area contributed by atoms with E-state index in [4.69, 9.17) is 14.2 Å². The maximum Gasteiger partial charge on any atom is 0.334 e. The Morgan fingerprint density at radius 2 is 1.96 bits per heavy atom. The molecule has 1 aliphatic heterocycles. The van der Waals surface area contributed by atoms with Crippen LogP contribution >= 0.6 is 0 Å². The molecule has 0 unspecified atom stereocenters. The van der Waals surface area contributed by atoms with E-state index in [0.717, 1.165) is 32.1 Å². The lowest BCUT2D eigenvalue weighted by molar-refractivity contribution is -0.253. The van der Waals surface area contributed by atoms with Gasteiger partial charge in [0, 0.05) is 19.3 Å². The first-order chi connectivity index (χ1) is 11.5. The Kier molecular flexibility index (Phi) is 6.44. The molecule has 1 aliphatic carbocycles. The Bertz CT molecular complexity index is 498. The third-order valence-corrected chi connectivity index (χ3v) is 5.04. The molecule has 0 radical (unpaired) electrons. The van der Waals surface area contributed by atoms with Crippen molar-refractivity contribution in [3.63, 3.8) is 0 Å². The highest BCUT2D eigenvalue weighted by Gasteiger charge is 2.62. The fourth-order valence-corrected chi connectivity index (χ4v) is 3.45. The van der Waals surface area contributed by atoms with E-state index in [0.29, 0.717) is 38.2 Å². The molecule has 2 fully saturated rings. The molecule has 0 aromatic heterocycles. The zero-order valence-corrected chi connectivity index (χ0v) is 15.2. The molecule has 0 bridgehead atoms. The van der Waals surface area contributed by atoms with Crippen molar-refractivity contribution in [3.05, 3.63) is 11.8 Å². The molecular weight excluding hydrogens is 308 g/mol. The molecule has 0 N–H and O–H groups in total. The summed E-state index contributed by atoms with van der Waals surface area (Å²) in [6.45, 7) is 7.02. The van der Waals surface area contributed by atoms with Crippen LogP contribution in [0.5, 0.6) is 0 Å². The van der Waals surface area contributed by atoms with E-state index >= 15 is 0 Å². The number of esters is 1. The summed E-state index contributed by atoms with van der Waals surface area (Å²) in [5.74, 6) is -0.664. The normalized spacial score (nSPS) is 31.0. The number of hydrogen-bond donors (Lipinski definition) is 0. The summed E-state index contributed by atoms with van der Waals surface area (Å²) in [7, 11) is 0. The minimum atomic E-state index is -0.924. The van der Waals surface area contributed by atoms with Gasteiger partial charge in [-0.15, -0.1) is 0 Å². The first kappa shape index (κ1) is 19.0. The van der Waals surface area contributed by atoms with E-state index in [9.17, 15) is 9.59 Å². The van der Waals surface area contributed by atoms with Gasteiger partial charge in [0.15, 0.2) is 0 Å². The van der Waals surface area contributed by atoms with Crippen LogP contribution in [0.4, 0.5) is 0 Å². The van der Waals surface area contributed by atoms with Gasteiger partial charge in [0.05, 0.1) is 24.7 Å². The zero-order valence-electron chi connectivity index (χ0n) is 15.2. The van der Waals surface area contributed by atoms with Gasteiger partial charge < -0.3 is 14.2 Å². The number of carbonyl (C=O) groups excluding carboxylic acids is 2. The highest BCUT2D eigenvalue weighted by Crippen LogP contribution is 2.55. The van der Waals surface area contributed by atoms with Crippen molar-refractivity contribution in [3.8, 4) is 0 Å². The van der Waals surface area contributed by atoms with Gasteiger partial charge >= 0.3 is 5.97 Å². The second-order valence-corrected chi connectivity index (χ2v) is 6.97. The van der Waals surface area contributed by atoms with Crippen LogP contribution in [0.25, 0.3) is 0 Å². The van der Waals surface area contributed by atoms with Crippen LogP contribution < -0.4 is 0 Å². The third-order valence-electron chi connectivity index (χ3n) is 5.04. The van der Waals surface area contributed by atoms with Crippen molar-refractivity contribution >= 4 is 11.8 Å². The number of carbonyl (C=O) groups is 2. The molecule has 2 atom stereocenters. The topological polar surface area (TPSA) is 61.8 Å². The Hall–Kier alpha value is -1.36. The van der Waals surface area contributed by atoms with Gasteiger partial charge in [-0.2, -0.15) is 0 Å². The minimum Gasteiger partial charge on any atom is -0.465 e. The van der Waals surface area contributed by atoms with Crippen molar-refractivity contribution in [2.75, 3.05) is 13.2 Å². The first-order valence-electron chi connectivity index (χ1n) is 9.21. The summed E-state index contributed by atoms with van der Waals surface area (Å²) in [5, 5.41) is 0. The van der Waals surface area contributed by atoms with Crippen LogP contribution in [0.2, 0.25) is 0 Å². The molecule has 0 aromatic rings. The number of allylic oxidation sites excluding steroid dienone is 1. The molecule has 1 saturated carbocycles. The summed E-state index contributed by atoms with van der Waals surface area (Å²) < 4.78 is 17.3. The van der Waals surface area contributed by atoms with Crippen LogP contribution in [0.3, 0.4) is 0 Å². The number of rotatable bonds is 8. The maximum atomic E-state index is 12.6. The molecule has 0 spiro atoms. The van der Waals surface area contributed by atoms with Crippen LogP contribution in [0, 0.1) is 5.41 Å². The lowest BCUT2D eigenvalue weighted by Crippen LogP contribution is -2.53. The van der Waals surface area contributed by atoms with Crippen molar-refractivity contribution in [1.29, 1.82) is 0 Å². The average molecular weight is 338 g/mol. The van der Waals surface area contributed by atoms with Crippen LogP contribution in [0.1, 0.15) is 72.1 Å². The van der Waals surface area contributed by atoms with E-state index in [2.05, 4.69) is 6.92 Å². The van der Waals surface area contributed by atoms with Crippen molar-refractivity contribution in [2.24, 2.45) is 5.41 Å². The molecule has 0 aromatic carbocycles. The van der Waals surface area contributed by atoms with Crippen molar-refractivity contribution in [1.82, 2.24) is 0 Å². The molecule has 1 heterocycles. The average Bonchev–Trinajstić information content (AvgIpc) is 2.82. The van der Waals surface area contributed by atoms with E-state index in [-0.39, 0.29) is 5.78 Å². The third kappa shape index (κ3) is 3.82. The molecule has 24 heavy (non-hydrogen) atoms. The monoisotopic (exact) mass is 338 g/mol. The Labute approximate surface area is 144 Å². The number of fused-ring (bicyclic) bond motifs is 1. The number of Topliss-reactive ketones (excluding diaryl/α,β-unsaturated/α-hetero) is 1. The SMILES string of the molecule is CCCCOC(=O)/C=C1\C[C@@]2(C)C(=O)CCC[C@@]2(OCCCC)O1.